The first kappa shape index (κ1) is 12.7. The van der Waals surface area contributed by atoms with Crippen molar-refractivity contribution in [2.24, 2.45) is 0 Å². The van der Waals surface area contributed by atoms with Crippen LogP contribution in [0.5, 0.6) is 5.75 Å². The molecule has 0 aliphatic heterocycles. The van der Waals surface area contributed by atoms with Crippen LogP contribution in [-0.2, 0) is 6.54 Å². The molecule has 0 N–H and O–H groups in total. The summed E-state index contributed by atoms with van der Waals surface area (Å²) in [5, 5.41) is 0. The quantitative estimate of drug-likeness (QED) is 0.808. The Hall–Kier alpha value is -1.77. The summed E-state index contributed by atoms with van der Waals surface area (Å²) >= 11 is 0. The number of methoxy groups -OCH3 is 1. The highest BCUT2D eigenvalue weighted by atomic mass is 19.1. The van der Waals surface area contributed by atoms with Crippen LogP contribution in [0.2, 0.25) is 0 Å². The summed E-state index contributed by atoms with van der Waals surface area (Å²) in [4.78, 5) is 0. The highest BCUT2D eigenvalue weighted by molar-refractivity contribution is 5.32. The molecule has 0 saturated carbocycles. The molecular formula is C15H18FNO. The van der Waals surface area contributed by atoms with Gasteiger partial charge < -0.3 is 9.30 Å². The van der Waals surface area contributed by atoms with Gasteiger partial charge in [-0.2, -0.15) is 0 Å². The number of rotatable bonds is 3. The molecule has 0 aliphatic carbocycles. The van der Waals surface area contributed by atoms with Crippen molar-refractivity contribution in [2.75, 3.05) is 7.11 Å². The van der Waals surface area contributed by atoms with Crippen molar-refractivity contribution in [1.29, 1.82) is 0 Å². The number of hydrogen-bond donors (Lipinski definition) is 0. The third-order valence-corrected chi connectivity index (χ3v) is 3.52. The summed E-state index contributed by atoms with van der Waals surface area (Å²) in [6, 6.07) is 4.99. The van der Waals surface area contributed by atoms with E-state index in [1.165, 1.54) is 30.0 Å². The Kier molecular flexibility index (Phi) is 3.41. The fourth-order valence-electron chi connectivity index (χ4n) is 2.06. The number of aromatic nitrogens is 1. The van der Waals surface area contributed by atoms with E-state index in [0.29, 0.717) is 17.9 Å². The van der Waals surface area contributed by atoms with E-state index in [2.05, 4.69) is 31.5 Å². The number of nitrogens with zero attached hydrogens (tertiary/aromatic N) is 1. The zero-order valence-electron chi connectivity index (χ0n) is 11.2. The van der Waals surface area contributed by atoms with Gasteiger partial charge in [0.15, 0.2) is 0 Å². The molecule has 1 heterocycles. The van der Waals surface area contributed by atoms with Crippen LogP contribution in [0.4, 0.5) is 4.39 Å². The van der Waals surface area contributed by atoms with Crippen LogP contribution in [0, 0.1) is 26.6 Å². The van der Waals surface area contributed by atoms with Crippen LogP contribution < -0.4 is 4.74 Å². The summed E-state index contributed by atoms with van der Waals surface area (Å²) in [7, 11) is 1.54. The average molecular weight is 247 g/mol. The summed E-state index contributed by atoms with van der Waals surface area (Å²) in [6.07, 6.45) is 2.06. The van der Waals surface area contributed by atoms with E-state index >= 15 is 0 Å². The van der Waals surface area contributed by atoms with Crippen molar-refractivity contribution in [3.63, 3.8) is 0 Å². The zero-order valence-corrected chi connectivity index (χ0v) is 11.2. The van der Waals surface area contributed by atoms with Gasteiger partial charge in [-0.05, 0) is 38.0 Å². The van der Waals surface area contributed by atoms with Crippen molar-refractivity contribution in [2.45, 2.75) is 27.3 Å². The molecule has 96 valence electrons. The highest BCUT2D eigenvalue weighted by Gasteiger charge is 2.09. The van der Waals surface area contributed by atoms with Crippen LogP contribution in [-0.4, -0.2) is 11.7 Å². The fraction of sp³-hybridized carbons (Fsp3) is 0.333. The van der Waals surface area contributed by atoms with Gasteiger partial charge in [-0.3, -0.25) is 0 Å². The maximum Gasteiger partial charge on any atom is 0.131 e. The molecule has 3 heteroatoms. The topological polar surface area (TPSA) is 14.2 Å². The molecular weight excluding hydrogens is 229 g/mol. The summed E-state index contributed by atoms with van der Waals surface area (Å²) < 4.78 is 20.9. The SMILES string of the molecule is COc1ccc(Cn2cc(C)c(C)c2C)c(F)c1. The number of halogens is 1. The third-order valence-electron chi connectivity index (χ3n) is 3.52. The lowest BCUT2D eigenvalue weighted by Gasteiger charge is -2.09. The van der Waals surface area contributed by atoms with Gasteiger partial charge in [-0.15, -0.1) is 0 Å². The summed E-state index contributed by atoms with van der Waals surface area (Å²) in [6.45, 7) is 6.77. The molecule has 0 amide bonds. The third kappa shape index (κ3) is 2.26. The predicted molar refractivity (Wildman–Crippen MR) is 70.7 cm³/mol. The molecule has 18 heavy (non-hydrogen) atoms. The smallest absolute Gasteiger partial charge is 0.131 e. The molecule has 0 unspecified atom stereocenters. The number of aryl methyl sites for hydroxylation is 1. The van der Waals surface area contributed by atoms with Gasteiger partial charge in [0.1, 0.15) is 11.6 Å². The van der Waals surface area contributed by atoms with Gasteiger partial charge in [0.05, 0.1) is 13.7 Å². The van der Waals surface area contributed by atoms with E-state index in [1.54, 1.807) is 12.1 Å². The molecule has 2 aromatic rings. The minimum absolute atomic E-state index is 0.224. The molecule has 2 rings (SSSR count). The molecule has 0 atom stereocenters. The van der Waals surface area contributed by atoms with Crippen LogP contribution >= 0.6 is 0 Å². The molecule has 1 aromatic heterocycles. The molecule has 0 bridgehead atoms. The van der Waals surface area contributed by atoms with Crippen molar-refractivity contribution in [1.82, 2.24) is 4.57 Å². The van der Waals surface area contributed by atoms with E-state index in [4.69, 9.17) is 4.74 Å². The minimum Gasteiger partial charge on any atom is -0.497 e. The number of hydrogen-bond acceptors (Lipinski definition) is 1. The number of benzene rings is 1. The van der Waals surface area contributed by atoms with Crippen molar-refractivity contribution < 1.29 is 9.13 Å². The minimum atomic E-state index is -0.224. The maximum absolute atomic E-state index is 13.9. The second kappa shape index (κ2) is 4.84. The second-order valence-electron chi connectivity index (χ2n) is 4.61. The molecule has 0 aliphatic rings. The lowest BCUT2D eigenvalue weighted by molar-refractivity contribution is 0.410. The lowest BCUT2D eigenvalue weighted by atomic mass is 10.2. The Labute approximate surface area is 107 Å². The summed E-state index contributed by atoms with van der Waals surface area (Å²) in [5.41, 5.74) is 4.36. The average Bonchev–Trinajstić information content (AvgIpc) is 2.59. The standard InChI is InChI=1S/C15H18FNO/c1-10-8-17(12(3)11(10)2)9-13-5-6-14(18-4)7-15(13)16/h5-8H,9H2,1-4H3. The Morgan fingerprint density at radius 2 is 1.94 bits per heavy atom. The van der Waals surface area contributed by atoms with Crippen LogP contribution in [0.25, 0.3) is 0 Å². The molecule has 0 fully saturated rings. The van der Waals surface area contributed by atoms with Gasteiger partial charge in [0.25, 0.3) is 0 Å². The van der Waals surface area contributed by atoms with Gasteiger partial charge in [-0.25, -0.2) is 4.39 Å². The Bertz CT molecular complexity index is 572. The van der Waals surface area contributed by atoms with Crippen LogP contribution in [0.3, 0.4) is 0 Å². The predicted octanol–water partition coefficient (Wildman–Crippen LogP) is 3.61. The van der Waals surface area contributed by atoms with E-state index in [0.717, 1.165) is 0 Å². The zero-order chi connectivity index (χ0) is 13.3. The van der Waals surface area contributed by atoms with E-state index in [1.807, 2.05) is 0 Å². The Balaban J connectivity index is 2.31. The maximum atomic E-state index is 13.9. The van der Waals surface area contributed by atoms with Crippen LogP contribution in [0.15, 0.2) is 24.4 Å². The molecule has 0 radical (unpaired) electrons. The first-order valence-corrected chi connectivity index (χ1v) is 5.98. The van der Waals surface area contributed by atoms with E-state index < -0.39 is 0 Å². The van der Waals surface area contributed by atoms with Crippen molar-refractivity contribution in [3.05, 3.63) is 52.6 Å². The first-order valence-electron chi connectivity index (χ1n) is 5.98. The molecule has 0 spiro atoms. The van der Waals surface area contributed by atoms with E-state index in [9.17, 15) is 4.39 Å². The Morgan fingerprint density at radius 1 is 1.22 bits per heavy atom. The lowest BCUT2D eigenvalue weighted by Crippen LogP contribution is -2.03. The van der Waals surface area contributed by atoms with Gasteiger partial charge in [0, 0.05) is 23.5 Å². The van der Waals surface area contributed by atoms with Gasteiger partial charge in [0.2, 0.25) is 0 Å². The molecule has 2 nitrogen and oxygen atoms in total. The van der Waals surface area contributed by atoms with E-state index in [-0.39, 0.29) is 5.82 Å². The van der Waals surface area contributed by atoms with Crippen molar-refractivity contribution in [3.8, 4) is 5.75 Å². The molecule has 1 aromatic carbocycles. The second-order valence-corrected chi connectivity index (χ2v) is 4.61. The molecule has 0 saturated heterocycles. The van der Waals surface area contributed by atoms with Crippen molar-refractivity contribution >= 4 is 0 Å². The van der Waals surface area contributed by atoms with Gasteiger partial charge >= 0.3 is 0 Å². The largest absolute Gasteiger partial charge is 0.497 e. The van der Waals surface area contributed by atoms with Crippen LogP contribution in [0.1, 0.15) is 22.4 Å². The number of ether oxygens (including phenoxy) is 1. The Morgan fingerprint density at radius 3 is 2.44 bits per heavy atom. The van der Waals surface area contributed by atoms with Gasteiger partial charge in [-0.1, -0.05) is 6.07 Å². The summed E-state index contributed by atoms with van der Waals surface area (Å²) in [5.74, 6) is 0.325. The monoisotopic (exact) mass is 247 g/mol. The first-order chi connectivity index (χ1) is 8.52. The fourth-order valence-corrected chi connectivity index (χ4v) is 2.06. The normalized spacial score (nSPS) is 10.7. The highest BCUT2D eigenvalue weighted by Crippen LogP contribution is 2.20.